The van der Waals surface area contributed by atoms with Gasteiger partial charge in [0.2, 0.25) is 0 Å². The zero-order valence-electron chi connectivity index (χ0n) is 7.74. The van der Waals surface area contributed by atoms with Gasteiger partial charge in [-0.15, -0.1) is 12.4 Å². The van der Waals surface area contributed by atoms with Crippen molar-refractivity contribution in [2.24, 2.45) is 0 Å². The quantitative estimate of drug-likeness (QED) is 0.713. The standard InChI is InChI=1S/C9H10O2.ClH.H3N/c1-7-3-5-8(6-4-7)9(10)11-2;;/h3-6H,1-2H3;1H;1H3. The van der Waals surface area contributed by atoms with Gasteiger partial charge in [-0.3, -0.25) is 0 Å². The molecule has 3 nitrogen and oxygen atoms in total. The number of benzene rings is 1. The molecular weight excluding hydrogens is 190 g/mol. The highest BCUT2D eigenvalue weighted by Crippen LogP contribution is 2.03. The number of hydrogen-bond donors (Lipinski definition) is 1. The van der Waals surface area contributed by atoms with Crippen molar-refractivity contribution in [3.8, 4) is 0 Å². The number of esters is 1. The van der Waals surface area contributed by atoms with E-state index in [0.29, 0.717) is 5.56 Å². The van der Waals surface area contributed by atoms with Crippen molar-refractivity contribution in [1.82, 2.24) is 6.15 Å². The third-order valence-electron chi connectivity index (χ3n) is 1.47. The van der Waals surface area contributed by atoms with Crippen LogP contribution in [-0.2, 0) is 4.74 Å². The van der Waals surface area contributed by atoms with E-state index in [1.807, 2.05) is 19.1 Å². The Morgan fingerprint density at radius 2 is 1.69 bits per heavy atom. The van der Waals surface area contributed by atoms with Crippen molar-refractivity contribution < 1.29 is 9.53 Å². The Hall–Kier alpha value is -1.06. The zero-order valence-corrected chi connectivity index (χ0v) is 8.56. The average molecular weight is 204 g/mol. The molecule has 0 bridgehead atoms. The van der Waals surface area contributed by atoms with Crippen LogP contribution >= 0.6 is 12.4 Å². The number of ether oxygens (including phenoxy) is 1. The van der Waals surface area contributed by atoms with E-state index in [1.165, 1.54) is 7.11 Å². The summed E-state index contributed by atoms with van der Waals surface area (Å²) in [6, 6.07) is 7.26. The second-order valence-electron chi connectivity index (χ2n) is 2.36. The van der Waals surface area contributed by atoms with Gasteiger partial charge < -0.3 is 10.9 Å². The average Bonchev–Trinajstić information content (AvgIpc) is 2.05. The molecule has 1 aromatic rings. The summed E-state index contributed by atoms with van der Waals surface area (Å²) < 4.78 is 4.54. The molecule has 1 rings (SSSR count). The normalized spacial score (nSPS) is 7.85. The van der Waals surface area contributed by atoms with Crippen molar-refractivity contribution in [3.05, 3.63) is 35.4 Å². The summed E-state index contributed by atoms with van der Waals surface area (Å²) >= 11 is 0. The summed E-state index contributed by atoms with van der Waals surface area (Å²) in [5.74, 6) is -0.287. The minimum atomic E-state index is -0.287. The Bertz CT molecular complexity index is 259. The first kappa shape index (κ1) is 14.5. The highest BCUT2D eigenvalue weighted by Gasteiger charge is 2.01. The molecular formula is C9H14ClNO2. The highest BCUT2D eigenvalue weighted by molar-refractivity contribution is 5.89. The zero-order chi connectivity index (χ0) is 8.27. The van der Waals surface area contributed by atoms with E-state index >= 15 is 0 Å². The molecule has 0 saturated heterocycles. The molecule has 0 radical (unpaired) electrons. The molecule has 0 heterocycles. The van der Waals surface area contributed by atoms with E-state index in [1.54, 1.807) is 12.1 Å². The monoisotopic (exact) mass is 203 g/mol. The molecule has 0 amide bonds. The topological polar surface area (TPSA) is 61.3 Å². The van der Waals surface area contributed by atoms with Crippen molar-refractivity contribution in [1.29, 1.82) is 0 Å². The van der Waals surface area contributed by atoms with Crippen LogP contribution in [0.15, 0.2) is 24.3 Å². The van der Waals surface area contributed by atoms with Crippen LogP contribution in [0.1, 0.15) is 15.9 Å². The van der Waals surface area contributed by atoms with E-state index in [9.17, 15) is 4.79 Å². The maximum Gasteiger partial charge on any atom is 0.337 e. The van der Waals surface area contributed by atoms with Gasteiger partial charge in [0, 0.05) is 0 Å². The van der Waals surface area contributed by atoms with E-state index in [2.05, 4.69) is 4.74 Å². The van der Waals surface area contributed by atoms with Crippen LogP contribution in [0.2, 0.25) is 0 Å². The fourth-order valence-electron chi connectivity index (χ4n) is 0.807. The third kappa shape index (κ3) is 3.92. The van der Waals surface area contributed by atoms with Crippen LogP contribution in [-0.4, -0.2) is 13.1 Å². The van der Waals surface area contributed by atoms with Crippen molar-refractivity contribution in [3.63, 3.8) is 0 Å². The first-order valence-electron chi connectivity index (χ1n) is 3.39. The fraction of sp³-hybridized carbons (Fsp3) is 0.222. The number of hydrogen-bond acceptors (Lipinski definition) is 3. The van der Waals surface area contributed by atoms with Crippen LogP contribution in [0, 0.1) is 6.92 Å². The lowest BCUT2D eigenvalue weighted by Crippen LogP contribution is -2.00. The van der Waals surface area contributed by atoms with Crippen molar-refractivity contribution in [2.45, 2.75) is 6.92 Å². The van der Waals surface area contributed by atoms with Crippen molar-refractivity contribution in [2.75, 3.05) is 7.11 Å². The minimum Gasteiger partial charge on any atom is -0.465 e. The number of halogens is 1. The van der Waals surface area contributed by atoms with Crippen LogP contribution in [0.5, 0.6) is 0 Å². The van der Waals surface area contributed by atoms with E-state index in [0.717, 1.165) is 5.56 Å². The van der Waals surface area contributed by atoms with Crippen LogP contribution in [0.4, 0.5) is 0 Å². The van der Waals surface area contributed by atoms with E-state index in [4.69, 9.17) is 0 Å². The smallest absolute Gasteiger partial charge is 0.337 e. The molecule has 0 aliphatic carbocycles. The van der Waals surface area contributed by atoms with Gasteiger partial charge in [-0.1, -0.05) is 17.7 Å². The van der Waals surface area contributed by atoms with Gasteiger partial charge in [0.1, 0.15) is 0 Å². The van der Waals surface area contributed by atoms with E-state index in [-0.39, 0.29) is 24.5 Å². The number of carbonyl (C=O) groups is 1. The molecule has 1 aromatic carbocycles. The predicted octanol–water partition coefficient (Wildman–Crippen LogP) is 2.37. The Balaban J connectivity index is 0. The Labute approximate surface area is 84.1 Å². The van der Waals surface area contributed by atoms with Gasteiger partial charge in [0.25, 0.3) is 0 Å². The van der Waals surface area contributed by atoms with Gasteiger partial charge >= 0.3 is 5.97 Å². The molecule has 0 atom stereocenters. The van der Waals surface area contributed by atoms with Crippen LogP contribution < -0.4 is 6.15 Å². The molecule has 0 fully saturated rings. The third-order valence-corrected chi connectivity index (χ3v) is 1.47. The first-order valence-corrected chi connectivity index (χ1v) is 3.39. The minimum absolute atomic E-state index is 0. The molecule has 3 N–H and O–H groups in total. The summed E-state index contributed by atoms with van der Waals surface area (Å²) in [7, 11) is 1.38. The molecule has 74 valence electrons. The van der Waals surface area contributed by atoms with Gasteiger partial charge in [0.05, 0.1) is 12.7 Å². The maximum atomic E-state index is 10.9. The van der Waals surface area contributed by atoms with Gasteiger partial charge in [0.15, 0.2) is 0 Å². The lowest BCUT2D eigenvalue weighted by Gasteiger charge is -1.97. The SMILES string of the molecule is COC(=O)c1ccc(C)cc1.Cl.N. The highest BCUT2D eigenvalue weighted by atomic mass is 35.5. The second kappa shape index (κ2) is 6.46. The number of aryl methyl sites for hydroxylation is 1. The van der Waals surface area contributed by atoms with Crippen LogP contribution in [0.3, 0.4) is 0 Å². The summed E-state index contributed by atoms with van der Waals surface area (Å²) in [5, 5.41) is 0. The van der Waals surface area contributed by atoms with Gasteiger partial charge in [-0.2, -0.15) is 0 Å². The fourth-order valence-corrected chi connectivity index (χ4v) is 0.807. The summed E-state index contributed by atoms with van der Waals surface area (Å²) in [5.41, 5.74) is 1.73. The number of methoxy groups -OCH3 is 1. The molecule has 0 aliphatic rings. The number of carbonyl (C=O) groups excluding carboxylic acids is 1. The predicted molar refractivity (Wildman–Crippen MR) is 54.8 cm³/mol. The molecule has 0 aromatic heterocycles. The molecule has 4 heteroatoms. The Kier molecular flexibility index (Phi) is 7.18. The van der Waals surface area contributed by atoms with Gasteiger partial charge in [-0.05, 0) is 19.1 Å². The molecule has 0 saturated carbocycles. The summed E-state index contributed by atoms with van der Waals surface area (Å²) in [6.07, 6.45) is 0. The molecule has 0 unspecified atom stereocenters. The lowest BCUT2D eigenvalue weighted by molar-refractivity contribution is 0.0601. The first-order chi connectivity index (χ1) is 5.24. The largest absolute Gasteiger partial charge is 0.465 e. The Morgan fingerprint density at radius 1 is 1.23 bits per heavy atom. The Morgan fingerprint density at radius 3 is 2.08 bits per heavy atom. The van der Waals surface area contributed by atoms with Crippen LogP contribution in [0.25, 0.3) is 0 Å². The summed E-state index contributed by atoms with van der Waals surface area (Å²) in [4.78, 5) is 10.9. The molecule has 13 heavy (non-hydrogen) atoms. The molecule has 0 spiro atoms. The lowest BCUT2D eigenvalue weighted by atomic mass is 10.2. The van der Waals surface area contributed by atoms with Crippen molar-refractivity contribution >= 4 is 18.4 Å². The van der Waals surface area contributed by atoms with E-state index < -0.39 is 0 Å². The maximum absolute atomic E-state index is 10.9. The molecule has 0 aliphatic heterocycles. The summed E-state index contributed by atoms with van der Waals surface area (Å²) in [6.45, 7) is 1.97. The second-order valence-corrected chi connectivity index (χ2v) is 2.36. The van der Waals surface area contributed by atoms with Gasteiger partial charge in [-0.25, -0.2) is 4.79 Å². The number of rotatable bonds is 1.